The highest BCUT2D eigenvalue weighted by atomic mass is 19.1. The van der Waals surface area contributed by atoms with Crippen LogP contribution in [0.2, 0.25) is 0 Å². The number of nitrogens with zero attached hydrogens (tertiary/aromatic N) is 3. The second-order valence-electron chi connectivity index (χ2n) is 4.85. The summed E-state index contributed by atoms with van der Waals surface area (Å²) in [5.74, 6) is -0.333. The van der Waals surface area contributed by atoms with E-state index in [4.69, 9.17) is 10.5 Å². The molecule has 0 aliphatic carbocycles. The van der Waals surface area contributed by atoms with Crippen LogP contribution in [0.4, 0.5) is 4.39 Å². The summed E-state index contributed by atoms with van der Waals surface area (Å²) in [6, 6.07) is 5.28. The molecule has 3 rings (SSSR count). The first-order valence-corrected chi connectivity index (χ1v) is 6.34. The van der Waals surface area contributed by atoms with Gasteiger partial charge >= 0.3 is 0 Å². The van der Waals surface area contributed by atoms with E-state index in [9.17, 15) is 9.50 Å². The maximum atomic E-state index is 13.2. The molecule has 2 heterocycles. The molecule has 1 aliphatic rings. The SMILES string of the molecule is N[C@@H]1COC[C@H](n2cc(-c3cccc(F)c3)nn2)[C@H]1O. The van der Waals surface area contributed by atoms with Crippen LogP contribution in [-0.4, -0.2) is 45.5 Å². The second kappa shape index (κ2) is 5.28. The van der Waals surface area contributed by atoms with E-state index in [1.54, 1.807) is 18.3 Å². The van der Waals surface area contributed by atoms with Crippen molar-refractivity contribution in [3.63, 3.8) is 0 Å². The van der Waals surface area contributed by atoms with Gasteiger partial charge in [0.2, 0.25) is 0 Å². The van der Waals surface area contributed by atoms with E-state index in [1.807, 2.05) is 0 Å². The number of benzene rings is 1. The zero-order valence-electron chi connectivity index (χ0n) is 10.7. The van der Waals surface area contributed by atoms with E-state index in [1.165, 1.54) is 16.8 Å². The van der Waals surface area contributed by atoms with Gasteiger partial charge in [0.25, 0.3) is 0 Å². The van der Waals surface area contributed by atoms with E-state index in [-0.39, 0.29) is 11.9 Å². The van der Waals surface area contributed by atoms with Crippen LogP contribution in [0.15, 0.2) is 30.5 Å². The first-order valence-electron chi connectivity index (χ1n) is 6.34. The molecule has 7 heteroatoms. The zero-order chi connectivity index (χ0) is 14.1. The minimum Gasteiger partial charge on any atom is -0.389 e. The Morgan fingerprint density at radius 2 is 2.25 bits per heavy atom. The highest BCUT2D eigenvalue weighted by Gasteiger charge is 2.32. The van der Waals surface area contributed by atoms with Gasteiger partial charge in [0, 0.05) is 5.56 Å². The fourth-order valence-electron chi connectivity index (χ4n) is 2.26. The lowest BCUT2D eigenvalue weighted by Crippen LogP contribution is -2.49. The van der Waals surface area contributed by atoms with Gasteiger partial charge in [-0.2, -0.15) is 0 Å². The van der Waals surface area contributed by atoms with E-state index in [0.29, 0.717) is 24.5 Å². The Hall–Kier alpha value is -1.83. The third-order valence-electron chi connectivity index (χ3n) is 3.40. The number of aromatic nitrogens is 3. The molecule has 2 aromatic rings. The van der Waals surface area contributed by atoms with Crippen LogP contribution in [-0.2, 0) is 4.74 Å². The van der Waals surface area contributed by atoms with Crippen LogP contribution < -0.4 is 5.73 Å². The Balaban J connectivity index is 1.86. The van der Waals surface area contributed by atoms with Crippen LogP contribution in [0, 0.1) is 5.82 Å². The molecule has 0 amide bonds. The lowest BCUT2D eigenvalue weighted by atomic mass is 10.0. The summed E-state index contributed by atoms with van der Waals surface area (Å²) in [4.78, 5) is 0. The smallest absolute Gasteiger partial charge is 0.123 e. The predicted molar refractivity (Wildman–Crippen MR) is 69.3 cm³/mol. The molecular weight excluding hydrogens is 263 g/mol. The summed E-state index contributed by atoms with van der Waals surface area (Å²) in [7, 11) is 0. The molecule has 0 unspecified atom stereocenters. The van der Waals surface area contributed by atoms with Gasteiger partial charge in [0.15, 0.2) is 0 Å². The molecule has 0 radical (unpaired) electrons. The molecule has 1 fully saturated rings. The van der Waals surface area contributed by atoms with Crippen LogP contribution >= 0.6 is 0 Å². The van der Waals surface area contributed by atoms with Crippen molar-refractivity contribution >= 4 is 0 Å². The molecule has 3 N–H and O–H groups in total. The Labute approximate surface area is 115 Å². The van der Waals surface area contributed by atoms with Crippen LogP contribution in [0.25, 0.3) is 11.3 Å². The first kappa shape index (κ1) is 13.2. The summed E-state index contributed by atoms with van der Waals surface area (Å²) < 4.78 is 20.0. The van der Waals surface area contributed by atoms with Crippen LogP contribution in [0.3, 0.4) is 0 Å². The zero-order valence-corrected chi connectivity index (χ0v) is 10.7. The average molecular weight is 278 g/mol. The average Bonchev–Trinajstić information content (AvgIpc) is 2.91. The number of hydrogen-bond donors (Lipinski definition) is 2. The molecule has 106 valence electrons. The third kappa shape index (κ3) is 2.43. The van der Waals surface area contributed by atoms with Crippen LogP contribution in [0.1, 0.15) is 6.04 Å². The molecule has 1 aromatic carbocycles. The summed E-state index contributed by atoms with van der Waals surface area (Å²) in [5, 5.41) is 18.0. The van der Waals surface area contributed by atoms with Crippen molar-refractivity contribution in [1.29, 1.82) is 0 Å². The van der Waals surface area contributed by atoms with Gasteiger partial charge in [-0.3, -0.25) is 0 Å². The fourth-order valence-corrected chi connectivity index (χ4v) is 2.26. The highest BCUT2D eigenvalue weighted by Crippen LogP contribution is 2.22. The van der Waals surface area contributed by atoms with Crippen molar-refractivity contribution < 1.29 is 14.2 Å². The summed E-state index contributed by atoms with van der Waals surface area (Å²) in [6.45, 7) is 0.643. The van der Waals surface area contributed by atoms with E-state index < -0.39 is 12.1 Å². The quantitative estimate of drug-likeness (QED) is 0.827. The standard InChI is InChI=1S/C13H15FN4O2/c14-9-3-1-2-8(4-9)11-5-18(17-16-11)12-7-20-6-10(15)13(12)19/h1-5,10,12-13,19H,6-7,15H2/t10-,12+,13+/m1/s1. The molecule has 3 atom stereocenters. The largest absolute Gasteiger partial charge is 0.389 e. The number of halogens is 1. The van der Waals surface area contributed by atoms with Gasteiger partial charge in [-0.15, -0.1) is 5.10 Å². The number of hydrogen-bond acceptors (Lipinski definition) is 5. The Bertz CT molecular complexity index is 604. The monoisotopic (exact) mass is 278 g/mol. The van der Waals surface area contributed by atoms with Crippen molar-refractivity contribution in [1.82, 2.24) is 15.0 Å². The third-order valence-corrected chi connectivity index (χ3v) is 3.40. The molecule has 6 nitrogen and oxygen atoms in total. The van der Waals surface area contributed by atoms with Gasteiger partial charge in [-0.25, -0.2) is 9.07 Å². The normalized spacial score (nSPS) is 26.6. The van der Waals surface area contributed by atoms with Crippen molar-refractivity contribution in [2.24, 2.45) is 5.73 Å². The van der Waals surface area contributed by atoms with E-state index in [0.717, 1.165) is 0 Å². The van der Waals surface area contributed by atoms with Gasteiger partial charge < -0.3 is 15.6 Å². The van der Waals surface area contributed by atoms with Crippen LogP contribution in [0.5, 0.6) is 0 Å². The minimum atomic E-state index is -0.745. The lowest BCUT2D eigenvalue weighted by molar-refractivity contribution is -0.0483. The van der Waals surface area contributed by atoms with E-state index in [2.05, 4.69) is 10.3 Å². The number of aliphatic hydroxyl groups is 1. The second-order valence-corrected chi connectivity index (χ2v) is 4.85. The highest BCUT2D eigenvalue weighted by molar-refractivity contribution is 5.57. The fraction of sp³-hybridized carbons (Fsp3) is 0.385. The topological polar surface area (TPSA) is 86.2 Å². The molecule has 0 bridgehead atoms. The minimum absolute atomic E-state index is 0.320. The Morgan fingerprint density at radius 3 is 3.05 bits per heavy atom. The number of rotatable bonds is 2. The van der Waals surface area contributed by atoms with Gasteiger partial charge in [-0.1, -0.05) is 17.3 Å². The first-order chi connectivity index (χ1) is 9.65. The van der Waals surface area contributed by atoms with Gasteiger partial charge in [0.1, 0.15) is 17.6 Å². The Kier molecular flexibility index (Phi) is 3.47. The summed E-state index contributed by atoms with van der Waals surface area (Å²) >= 11 is 0. The number of nitrogens with two attached hydrogens (primary N) is 1. The molecule has 20 heavy (non-hydrogen) atoms. The van der Waals surface area contributed by atoms with Crippen molar-refractivity contribution in [2.45, 2.75) is 18.2 Å². The Morgan fingerprint density at radius 1 is 1.40 bits per heavy atom. The molecule has 1 saturated heterocycles. The number of ether oxygens (including phenoxy) is 1. The summed E-state index contributed by atoms with van der Waals surface area (Å²) in [5.41, 5.74) is 6.93. The summed E-state index contributed by atoms with van der Waals surface area (Å²) in [6.07, 6.45) is 0.912. The van der Waals surface area contributed by atoms with Gasteiger partial charge in [0.05, 0.1) is 31.6 Å². The van der Waals surface area contributed by atoms with Gasteiger partial charge in [-0.05, 0) is 12.1 Å². The predicted octanol–water partition coefficient (Wildman–Crippen LogP) is 0.344. The molecule has 1 aromatic heterocycles. The van der Waals surface area contributed by atoms with Crippen molar-refractivity contribution in [3.05, 3.63) is 36.3 Å². The molecule has 0 saturated carbocycles. The lowest BCUT2D eigenvalue weighted by Gasteiger charge is -2.32. The molecular formula is C13H15FN4O2. The molecule has 0 spiro atoms. The molecule has 1 aliphatic heterocycles. The maximum absolute atomic E-state index is 13.2. The maximum Gasteiger partial charge on any atom is 0.123 e. The number of aliphatic hydroxyl groups excluding tert-OH is 1. The van der Waals surface area contributed by atoms with Crippen molar-refractivity contribution in [3.8, 4) is 11.3 Å². The van der Waals surface area contributed by atoms with Crippen molar-refractivity contribution in [2.75, 3.05) is 13.2 Å². The van der Waals surface area contributed by atoms with E-state index >= 15 is 0 Å².